The zero-order valence-electron chi connectivity index (χ0n) is 36.1. The Kier molecular flexibility index (Phi) is 7.86. The van der Waals surface area contributed by atoms with Gasteiger partial charge in [-0.1, -0.05) is 177 Å². The van der Waals surface area contributed by atoms with E-state index in [2.05, 4.69) is 229 Å². The maximum atomic E-state index is 2.65. The van der Waals surface area contributed by atoms with E-state index in [9.17, 15) is 0 Å². The SMILES string of the molecule is CC(C)(C)c1ccc(N2B3c4cc5c(cc4N(c4ccc(C(C)(C)C)cc4-c4ccccc4)c4cc6ccccc6c(c43)-c3ccccc32)C(C)(C)c2ccccc2-5)cc1. The first-order chi connectivity index (χ1) is 28.8. The van der Waals surface area contributed by atoms with E-state index in [-0.39, 0.29) is 23.1 Å². The van der Waals surface area contributed by atoms with E-state index < -0.39 is 0 Å². The van der Waals surface area contributed by atoms with Gasteiger partial charge in [0.1, 0.15) is 0 Å². The van der Waals surface area contributed by atoms with Crippen LogP contribution >= 0.6 is 0 Å². The normalized spacial score (nSPS) is 14.7. The highest BCUT2D eigenvalue weighted by Gasteiger charge is 2.48. The Hall–Kier alpha value is -6.32. The standard InChI is InChI=1S/C57H51BN2/c1-55(2,3)38-26-29-40(30-27-38)60-50-25-17-15-23-43(50)53-41-21-13-12-20-37(41)32-52-54(53)58(60)48-34-45-42-22-14-16-24-46(42)57(7,8)47(45)35-51(48)59(52)49-31-28-39(56(4,5)6)33-44(49)36-18-10-9-11-19-36/h9-35H,1-8H3. The van der Waals surface area contributed by atoms with Crippen molar-refractivity contribution in [2.45, 2.75) is 71.6 Å². The third kappa shape index (κ3) is 5.34. The highest BCUT2D eigenvalue weighted by Crippen LogP contribution is 2.54. The molecule has 292 valence electrons. The van der Waals surface area contributed by atoms with Gasteiger partial charge in [0, 0.05) is 39.3 Å². The molecule has 0 saturated carbocycles. The molecule has 0 bridgehead atoms. The van der Waals surface area contributed by atoms with Gasteiger partial charge < -0.3 is 9.71 Å². The molecule has 0 spiro atoms. The predicted octanol–water partition coefficient (Wildman–Crippen LogP) is 14.1. The Morgan fingerprint density at radius 3 is 1.87 bits per heavy atom. The number of rotatable bonds is 3. The zero-order valence-corrected chi connectivity index (χ0v) is 36.1. The Bertz CT molecular complexity index is 3030. The van der Waals surface area contributed by atoms with E-state index >= 15 is 0 Å². The highest BCUT2D eigenvalue weighted by atomic mass is 15.2. The van der Waals surface area contributed by atoms with Crippen molar-refractivity contribution in [3.8, 4) is 33.4 Å². The summed E-state index contributed by atoms with van der Waals surface area (Å²) in [5, 5.41) is 2.54. The van der Waals surface area contributed by atoms with E-state index in [0.29, 0.717) is 0 Å². The second-order valence-electron chi connectivity index (χ2n) is 19.8. The summed E-state index contributed by atoms with van der Waals surface area (Å²) in [5.74, 6) is 0. The molecule has 0 radical (unpaired) electrons. The molecule has 11 rings (SSSR count). The van der Waals surface area contributed by atoms with Gasteiger partial charge in [-0.15, -0.1) is 0 Å². The van der Waals surface area contributed by atoms with Crippen LogP contribution in [0.3, 0.4) is 0 Å². The van der Waals surface area contributed by atoms with Crippen molar-refractivity contribution >= 4 is 57.0 Å². The summed E-state index contributed by atoms with van der Waals surface area (Å²) in [6.45, 7) is 18.6. The van der Waals surface area contributed by atoms with E-state index in [4.69, 9.17) is 0 Å². The fourth-order valence-corrected chi connectivity index (χ4v) is 10.6. The van der Waals surface area contributed by atoms with Gasteiger partial charge in [-0.05, 0) is 120 Å². The van der Waals surface area contributed by atoms with Crippen molar-refractivity contribution in [2.24, 2.45) is 0 Å². The van der Waals surface area contributed by atoms with Gasteiger partial charge in [-0.3, -0.25) is 0 Å². The molecule has 0 amide bonds. The van der Waals surface area contributed by atoms with Crippen LogP contribution in [-0.4, -0.2) is 6.85 Å². The zero-order chi connectivity index (χ0) is 41.3. The Balaban J connectivity index is 1.30. The first kappa shape index (κ1) is 36.7. The van der Waals surface area contributed by atoms with Gasteiger partial charge in [0.15, 0.2) is 0 Å². The fourth-order valence-electron chi connectivity index (χ4n) is 10.6. The van der Waals surface area contributed by atoms with Crippen molar-refractivity contribution in [2.75, 3.05) is 9.71 Å². The molecule has 2 nitrogen and oxygen atoms in total. The second-order valence-corrected chi connectivity index (χ2v) is 19.8. The monoisotopic (exact) mass is 774 g/mol. The van der Waals surface area contributed by atoms with Gasteiger partial charge in [-0.25, -0.2) is 0 Å². The quantitative estimate of drug-likeness (QED) is 0.165. The van der Waals surface area contributed by atoms with Crippen LogP contribution in [0.2, 0.25) is 0 Å². The van der Waals surface area contributed by atoms with Gasteiger partial charge in [0.2, 0.25) is 0 Å². The number of anilines is 5. The number of nitrogens with zero attached hydrogens (tertiary/aromatic N) is 2. The minimum atomic E-state index is -0.165. The number of hydrogen-bond donors (Lipinski definition) is 0. The predicted molar refractivity (Wildman–Crippen MR) is 258 cm³/mol. The average molecular weight is 775 g/mol. The van der Waals surface area contributed by atoms with Gasteiger partial charge in [0.25, 0.3) is 0 Å². The van der Waals surface area contributed by atoms with E-state index in [1.807, 2.05) is 0 Å². The number of fused-ring (bicyclic) bond motifs is 9. The molecule has 60 heavy (non-hydrogen) atoms. The van der Waals surface area contributed by atoms with Crippen molar-refractivity contribution in [1.82, 2.24) is 0 Å². The fraction of sp³-hybridized carbons (Fsp3) is 0.193. The summed E-state index contributed by atoms with van der Waals surface area (Å²) in [5.41, 5.74) is 21.8. The molecule has 0 N–H and O–H groups in total. The lowest BCUT2D eigenvalue weighted by atomic mass is 9.43. The van der Waals surface area contributed by atoms with Crippen LogP contribution in [0.4, 0.5) is 28.4 Å². The summed E-state index contributed by atoms with van der Waals surface area (Å²) >= 11 is 0. The van der Waals surface area contributed by atoms with Crippen LogP contribution in [0.25, 0.3) is 44.2 Å². The summed E-state index contributed by atoms with van der Waals surface area (Å²) < 4.78 is 0. The average Bonchev–Trinajstić information content (AvgIpc) is 3.47. The molecule has 0 atom stereocenters. The molecule has 2 aliphatic heterocycles. The number of para-hydroxylation sites is 1. The molecule has 0 saturated heterocycles. The summed E-state index contributed by atoms with van der Waals surface area (Å²) in [4.78, 5) is 5.29. The van der Waals surface area contributed by atoms with E-state index in [1.54, 1.807) is 0 Å². The Morgan fingerprint density at radius 2 is 1.12 bits per heavy atom. The van der Waals surface area contributed by atoms with Crippen LogP contribution < -0.4 is 20.6 Å². The number of hydrogen-bond acceptors (Lipinski definition) is 2. The largest absolute Gasteiger partial charge is 0.376 e. The highest BCUT2D eigenvalue weighted by molar-refractivity contribution is 6.94. The number of benzene rings is 8. The topological polar surface area (TPSA) is 6.48 Å². The summed E-state index contributed by atoms with van der Waals surface area (Å²) in [6.07, 6.45) is 0. The van der Waals surface area contributed by atoms with Crippen LogP contribution in [0.1, 0.15) is 77.6 Å². The lowest BCUT2D eigenvalue weighted by Crippen LogP contribution is -2.61. The lowest BCUT2D eigenvalue weighted by molar-refractivity contribution is 0.590. The minimum Gasteiger partial charge on any atom is -0.376 e. The van der Waals surface area contributed by atoms with Crippen molar-refractivity contribution in [1.29, 1.82) is 0 Å². The van der Waals surface area contributed by atoms with Gasteiger partial charge in [0.05, 0.1) is 5.69 Å². The summed E-state index contributed by atoms with van der Waals surface area (Å²) in [7, 11) is 0. The molecule has 3 heteroatoms. The molecule has 3 aliphatic rings. The van der Waals surface area contributed by atoms with E-state index in [1.165, 1.54) is 106 Å². The van der Waals surface area contributed by atoms with Gasteiger partial charge in [-0.2, -0.15) is 0 Å². The van der Waals surface area contributed by atoms with Crippen LogP contribution in [0, 0.1) is 0 Å². The Morgan fingerprint density at radius 1 is 0.467 bits per heavy atom. The molecule has 8 aromatic rings. The Labute approximate surface area is 356 Å². The molecule has 0 fully saturated rings. The van der Waals surface area contributed by atoms with Crippen LogP contribution in [0.5, 0.6) is 0 Å². The van der Waals surface area contributed by atoms with Crippen molar-refractivity contribution < 1.29 is 0 Å². The van der Waals surface area contributed by atoms with Crippen molar-refractivity contribution in [3.63, 3.8) is 0 Å². The molecular formula is C57H51BN2. The van der Waals surface area contributed by atoms with Crippen molar-refractivity contribution in [3.05, 3.63) is 186 Å². The summed E-state index contributed by atoms with van der Waals surface area (Å²) in [6, 6.07) is 62.5. The van der Waals surface area contributed by atoms with Crippen LogP contribution in [0.15, 0.2) is 164 Å². The maximum Gasteiger partial charge on any atom is 0.333 e. The first-order valence-electron chi connectivity index (χ1n) is 21.6. The van der Waals surface area contributed by atoms with Crippen LogP contribution in [-0.2, 0) is 16.2 Å². The molecule has 2 heterocycles. The lowest BCUT2D eigenvalue weighted by Gasteiger charge is -2.47. The van der Waals surface area contributed by atoms with Gasteiger partial charge >= 0.3 is 6.85 Å². The first-order valence-corrected chi connectivity index (χ1v) is 21.6. The second kappa shape index (κ2) is 12.8. The molecule has 0 unspecified atom stereocenters. The molecule has 1 aliphatic carbocycles. The maximum absolute atomic E-state index is 2.65. The third-order valence-electron chi connectivity index (χ3n) is 13.7. The minimum absolute atomic E-state index is 0.0154. The molecule has 0 aromatic heterocycles. The molecule has 8 aromatic carbocycles. The smallest absolute Gasteiger partial charge is 0.333 e. The molecular weight excluding hydrogens is 723 g/mol. The van der Waals surface area contributed by atoms with E-state index in [0.717, 1.165) is 0 Å². The third-order valence-corrected chi connectivity index (χ3v) is 13.7.